The zero-order chi connectivity index (χ0) is 6.15. The molecule has 0 saturated carbocycles. The van der Waals surface area contributed by atoms with Crippen molar-refractivity contribution in [3.63, 3.8) is 0 Å². The van der Waals surface area contributed by atoms with Gasteiger partial charge in [-0.1, -0.05) is 0 Å². The number of rotatable bonds is 0. The predicted octanol–water partition coefficient (Wildman–Crippen LogP) is -2.16. The molecule has 4 nitrogen and oxygen atoms in total. The molecule has 0 bridgehead atoms. The summed E-state index contributed by atoms with van der Waals surface area (Å²) in [6, 6.07) is 0. The minimum Gasteiger partial charge on any atom is -0.388 e. The molecule has 0 aromatic carbocycles. The lowest BCUT2D eigenvalue weighted by Gasteiger charge is -1.99. The van der Waals surface area contributed by atoms with Crippen LogP contribution in [0.3, 0.4) is 0 Å². The van der Waals surface area contributed by atoms with E-state index in [-0.39, 0.29) is 6.54 Å². The highest BCUT2D eigenvalue weighted by atomic mass is 16.3. The Morgan fingerprint density at radius 2 is 2.25 bits per heavy atom. The van der Waals surface area contributed by atoms with Crippen LogP contribution in [-0.2, 0) is 4.79 Å². The van der Waals surface area contributed by atoms with Crippen molar-refractivity contribution in [3.8, 4) is 0 Å². The lowest BCUT2D eigenvalue weighted by Crippen LogP contribution is -2.26. The van der Waals surface area contributed by atoms with Gasteiger partial charge in [-0.2, -0.15) is 0 Å². The van der Waals surface area contributed by atoms with Gasteiger partial charge in [0.15, 0.2) is 6.10 Å². The van der Waals surface area contributed by atoms with Crippen LogP contribution in [0.25, 0.3) is 0 Å². The highest BCUT2D eigenvalue weighted by Gasteiger charge is 2.30. The van der Waals surface area contributed by atoms with Crippen LogP contribution in [0, 0.1) is 0 Å². The summed E-state index contributed by atoms with van der Waals surface area (Å²) < 4.78 is 0. The summed E-state index contributed by atoms with van der Waals surface area (Å²) in [6.45, 7) is 0.167. The van der Waals surface area contributed by atoms with Gasteiger partial charge in [0, 0.05) is 6.54 Å². The van der Waals surface area contributed by atoms with Crippen molar-refractivity contribution >= 4 is 5.91 Å². The summed E-state index contributed by atoms with van der Waals surface area (Å²) in [6.07, 6.45) is -2.13. The lowest BCUT2D eigenvalue weighted by atomic mass is 10.3. The Morgan fingerprint density at radius 1 is 1.62 bits per heavy atom. The molecule has 1 heterocycles. The van der Waals surface area contributed by atoms with Crippen LogP contribution in [-0.4, -0.2) is 34.9 Å². The van der Waals surface area contributed by atoms with Crippen molar-refractivity contribution in [1.82, 2.24) is 5.32 Å². The van der Waals surface area contributed by atoms with Crippen molar-refractivity contribution in [2.45, 2.75) is 12.2 Å². The van der Waals surface area contributed by atoms with E-state index in [1.54, 1.807) is 0 Å². The molecule has 0 radical (unpaired) electrons. The lowest BCUT2D eigenvalue weighted by molar-refractivity contribution is -0.128. The predicted molar refractivity (Wildman–Crippen MR) is 25.0 cm³/mol. The van der Waals surface area contributed by atoms with Crippen molar-refractivity contribution in [2.24, 2.45) is 0 Å². The number of carbonyl (C=O) groups excluding carboxylic acids is 1. The third-order valence-corrected chi connectivity index (χ3v) is 1.12. The first kappa shape index (κ1) is 5.53. The number of amides is 1. The van der Waals surface area contributed by atoms with Crippen LogP contribution in [0.2, 0.25) is 0 Å². The summed E-state index contributed by atoms with van der Waals surface area (Å²) >= 11 is 0. The molecule has 1 rings (SSSR count). The average Bonchev–Trinajstić information content (AvgIpc) is 1.98. The fourth-order valence-electron chi connectivity index (χ4n) is 0.596. The first-order valence-corrected chi connectivity index (χ1v) is 2.35. The topological polar surface area (TPSA) is 69.6 Å². The zero-order valence-electron chi connectivity index (χ0n) is 4.16. The summed E-state index contributed by atoms with van der Waals surface area (Å²) in [5, 5.41) is 19.5. The Labute approximate surface area is 46.1 Å². The normalized spacial score (nSPS) is 37.5. The van der Waals surface area contributed by atoms with E-state index in [0.29, 0.717) is 0 Å². The van der Waals surface area contributed by atoms with E-state index in [4.69, 9.17) is 10.2 Å². The Balaban J connectivity index is 2.56. The molecule has 0 unspecified atom stereocenters. The summed E-state index contributed by atoms with van der Waals surface area (Å²) in [5.41, 5.74) is 0. The SMILES string of the molecule is O=C1NC[C@H](O)[C@H]1O. The fourth-order valence-corrected chi connectivity index (χ4v) is 0.596. The first-order valence-electron chi connectivity index (χ1n) is 2.35. The maximum Gasteiger partial charge on any atom is 0.251 e. The molecule has 8 heavy (non-hydrogen) atoms. The molecule has 1 aliphatic rings. The molecule has 4 heteroatoms. The van der Waals surface area contributed by atoms with E-state index in [1.807, 2.05) is 0 Å². The van der Waals surface area contributed by atoms with E-state index < -0.39 is 18.1 Å². The molecule has 2 atom stereocenters. The van der Waals surface area contributed by atoms with Crippen LogP contribution in [0.1, 0.15) is 0 Å². The largest absolute Gasteiger partial charge is 0.388 e. The molecule has 1 aliphatic heterocycles. The van der Waals surface area contributed by atoms with Gasteiger partial charge in [-0.3, -0.25) is 4.79 Å². The van der Waals surface area contributed by atoms with E-state index in [0.717, 1.165) is 0 Å². The van der Waals surface area contributed by atoms with E-state index in [1.165, 1.54) is 0 Å². The average molecular weight is 117 g/mol. The van der Waals surface area contributed by atoms with Gasteiger partial charge in [0.2, 0.25) is 0 Å². The highest BCUT2D eigenvalue weighted by Crippen LogP contribution is 1.98. The number of β-amino-alcohol motifs (C(OH)–C–C–N with tert-alkyl or cyclic N) is 1. The van der Waals surface area contributed by atoms with Crippen LogP contribution in [0.15, 0.2) is 0 Å². The van der Waals surface area contributed by atoms with Crippen molar-refractivity contribution in [1.29, 1.82) is 0 Å². The molecule has 0 aromatic heterocycles. The van der Waals surface area contributed by atoms with Crippen molar-refractivity contribution in [2.75, 3.05) is 6.54 Å². The second kappa shape index (κ2) is 1.72. The molecule has 0 spiro atoms. The number of carbonyl (C=O) groups is 1. The van der Waals surface area contributed by atoms with Gasteiger partial charge in [0.25, 0.3) is 5.91 Å². The van der Waals surface area contributed by atoms with Gasteiger partial charge in [-0.15, -0.1) is 0 Å². The minimum absolute atomic E-state index is 0.167. The monoisotopic (exact) mass is 117 g/mol. The first-order chi connectivity index (χ1) is 3.72. The molecular formula is C4H7NO3. The molecule has 1 saturated heterocycles. The summed E-state index contributed by atoms with van der Waals surface area (Å²) in [5.74, 6) is -0.488. The Hall–Kier alpha value is -0.610. The van der Waals surface area contributed by atoms with E-state index >= 15 is 0 Å². The smallest absolute Gasteiger partial charge is 0.251 e. The highest BCUT2D eigenvalue weighted by molar-refractivity contribution is 5.83. The van der Waals surface area contributed by atoms with Gasteiger partial charge in [-0.25, -0.2) is 0 Å². The fraction of sp³-hybridized carbons (Fsp3) is 0.750. The minimum atomic E-state index is -1.21. The Kier molecular flexibility index (Phi) is 1.19. The van der Waals surface area contributed by atoms with Crippen LogP contribution < -0.4 is 5.32 Å². The van der Waals surface area contributed by atoms with Gasteiger partial charge in [0.1, 0.15) is 6.10 Å². The van der Waals surface area contributed by atoms with Crippen LogP contribution >= 0.6 is 0 Å². The molecule has 0 aliphatic carbocycles. The quantitative estimate of drug-likeness (QED) is 0.338. The maximum atomic E-state index is 10.3. The molecule has 46 valence electrons. The van der Waals surface area contributed by atoms with E-state index in [9.17, 15) is 4.79 Å². The molecular weight excluding hydrogens is 110 g/mol. The summed E-state index contributed by atoms with van der Waals surface area (Å²) in [7, 11) is 0. The van der Waals surface area contributed by atoms with Gasteiger partial charge in [0.05, 0.1) is 0 Å². The standard InChI is InChI=1S/C4H7NO3/c6-2-1-5-4(8)3(2)7/h2-3,6-7H,1H2,(H,5,8)/t2-,3+/m0/s1. The Bertz CT molecular complexity index is 114. The number of aliphatic hydroxyl groups is 2. The van der Waals surface area contributed by atoms with Crippen LogP contribution in [0.5, 0.6) is 0 Å². The van der Waals surface area contributed by atoms with Crippen molar-refractivity contribution < 1.29 is 15.0 Å². The molecule has 1 fully saturated rings. The molecule has 1 amide bonds. The van der Waals surface area contributed by atoms with E-state index in [2.05, 4.69) is 5.32 Å². The Morgan fingerprint density at radius 3 is 2.38 bits per heavy atom. The number of hydrogen-bond acceptors (Lipinski definition) is 3. The van der Waals surface area contributed by atoms with Crippen molar-refractivity contribution in [3.05, 3.63) is 0 Å². The number of aliphatic hydroxyl groups excluding tert-OH is 2. The second-order valence-corrected chi connectivity index (χ2v) is 1.76. The maximum absolute atomic E-state index is 10.3. The van der Waals surface area contributed by atoms with Crippen LogP contribution in [0.4, 0.5) is 0 Å². The second-order valence-electron chi connectivity index (χ2n) is 1.76. The van der Waals surface area contributed by atoms with Gasteiger partial charge >= 0.3 is 0 Å². The molecule has 3 N–H and O–H groups in total. The van der Waals surface area contributed by atoms with Gasteiger partial charge < -0.3 is 15.5 Å². The number of hydrogen-bond donors (Lipinski definition) is 3. The number of nitrogens with one attached hydrogen (secondary N) is 1. The zero-order valence-corrected chi connectivity index (χ0v) is 4.16. The van der Waals surface area contributed by atoms with Gasteiger partial charge in [-0.05, 0) is 0 Å². The third-order valence-electron chi connectivity index (χ3n) is 1.12. The molecule has 0 aromatic rings. The summed E-state index contributed by atoms with van der Waals surface area (Å²) in [4.78, 5) is 10.3. The third kappa shape index (κ3) is 0.677.